The molecule has 0 rings (SSSR count). The number of carbonyl (C=O) groups excluding carboxylic acids is 3. The summed E-state index contributed by atoms with van der Waals surface area (Å²) < 4.78 is 85.5. The summed E-state index contributed by atoms with van der Waals surface area (Å²) in [5.74, 6) is -8.06. The molecular formula is C21H35F6N3O6. The summed E-state index contributed by atoms with van der Waals surface area (Å²) in [6, 6.07) is -5.78. The van der Waals surface area contributed by atoms with Gasteiger partial charge < -0.3 is 20.1 Å². The molecule has 0 aromatic rings. The molecule has 0 fully saturated rings. The molecule has 2 amide bonds. The van der Waals surface area contributed by atoms with Crippen LogP contribution in [0, 0.1) is 11.8 Å². The van der Waals surface area contributed by atoms with Gasteiger partial charge in [-0.25, -0.2) is 4.79 Å². The summed E-state index contributed by atoms with van der Waals surface area (Å²) in [5, 5.41) is 11.0. The number of esters is 1. The Balaban J connectivity index is 6.11. The van der Waals surface area contributed by atoms with Crippen molar-refractivity contribution >= 4 is 17.8 Å². The zero-order valence-electron chi connectivity index (χ0n) is 21.2. The average Bonchev–Trinajstić information content (AvgIpc) is 2.66. The molecule has 9 nitrogen and oxygen atoms in total. The van der Waals surface area contributed by atoms with Crippen molar-refractivity contribution in [2.45, 2.75) is 84.0 Å². The van der Waals surface area contributed by atoms with Crippen LogP contribution in [0.5, 0.6) is 0 Å². The van der Waals surface area contributed by atoms with Gasteiger partial charge in [0.05, 0.1) is 13.2 Å². The molecule has 212 valence electrons. The SMILES string of the molecule is CC(C)C[C@@H](C(=O)N[C@@H](C)C(=O)OC(C)(C)C)N(C)C(=O)[C@@H](NOCCO)C(C(F)(F)F)C(F)(F)F. The summed E-state index contributed by atoms with van der Waals surface area (Å²) in [4.78, 5) is 42.9. The van der Waals surface area contributed by atoms with Gasteiger partial charge in [0.2, 0.25) is 11.8 Å². The number of alkyl halides is 6. The number of amides is 2. The predicted molar refractivity (Wildman–Crippen MR) is 115 cm³/mol. The van der Waals surface area contributed by atoms with Crippen LogP contribution in [-0.2, 0) is 24.0 Å². The third kappa shape index (κ3) is 11.3. The smallest absolute Gasteiger partial charge is 0.402 e. The number of hydrogen-bond donors (Lipinski definition) is 3. The Labute approximate surface area is 205 Å². The first-order valence-corrected chi connectivity index (χ1v) is 11.0. The monoisotopic (exact) mass is 539 g/mol. The molecule has 0 spiro atoms. The first-order valence-electron chi connectivity index (χ1n) is 11.0. The second kappa shape index (κ2) is 13.4. The lowest BCUT2D eigenvalue weighted by Gasteiger charge is -2.36. The van der Waals surface area contributed by atoms with E-state index < -0.39 is 73.0 Å². The minimum atomic E-state index is -5.91. The number of halogens is 6. The van der Waals surface area contributed by atoms with E-state index in [1.165, 1.54) is 12.4 Å². The number of ether oxygens (including phenoxy) is 1. The largest absolute Gasteiger partial charge is 0.458 e. The molecule has 0 aromatic carbocycles. The highest BCUT2D eigenvalue weighted by atomic mass is 19.4. The molecule has 0 radical (unpaired) electrons. The lowest BCUT2D eigenvalue weighted by atomic mass is 9.95. The van der Waals surface area contributed by atoms with Crippen LogP contribution in [0.15, 0.2) is 0 Å². The number of hydrogen-bond acceptors (Lipinski definition) is 7. The molecule has 3 N–H and O–H groups in total. The van der Waals surface area contributed by atoms with E-state index in [4.69, 9.17) is 9.84 Å². The molecule has 0 unspecified atom stereocenters. The number of nitrogens with zero attached hydrogens (tertiary/aromatic N) is 1. The van der Waals surface area contributed by atoms with E-state index in [0.29, 0.717) is 4.90 Å². The molecule has 15 heteroatoms. The number of nitrogens with one attached hydrogen (secondary N) is 2. The molecular weight excluding hydrogens is 504 g/mol. The van der Waals surface area contributed by atoms with Crippen LogP contribution in [0.25, 0.3) is 0 Å². The zero-order chi connectivity index (χ0) is 28.6. The molecule has 36 heavy (non-hydrogen) atoms. The predicted octanol–water partition coefficient (Wildman–Crippen LogP) is 2.33. The molecule has 0 aliphatic heterocycles. The third-order valence-electron chi connectivity index (χ3n) is 4.64. The van der Waals surface area contributed by atoms with Crippen molar-refractivity contribution < 1.29 is 55.4 Å². The van der Waals surface area contributed by atoms with Gasteiger partial charge in [-0.2, -0.15) is 31.8 Å². The maximum absolute atomic E-state index is 13.4. The third-order valence-corrected chi connectivity index (χ3v) is 4.64. The maximum Gasteiger partial charge on any atom is 0.402 e. The highest BCUT2D eigenvalue weighted by molar-refractivity contribution is 5.92. The average molecular weight is 540 g/mol. The number of aliphatic hydroxyl groups is 1. The lowest BCUT2D eigenvalue weighted by molar-refractivity contribution is -0.296. The maximum atomic E-state index is 13.4. The van der Waals surface area contributed by atoms with Crippen molar-refractivity contribution in [3.05, 3.63) is 0 Å². The minimum Gasteiger partial charge on any atom is -0.458 e. The number of likely N-dealkylation sites (N-methyl/N-ethyl adjacent to an activating group) is 1. The fraction of sp³-hybridized carbons (Fsp3) is 0.857. The Hall–Kier alpha value is -2.13. The van der Waals surface area contributed by atoms with Gasteiger partial charge in [-0.15, -0.1) is 0 Å². The van der Waals surface area contributed by atoms with E-state index in [-0.39, 0.29) is 12.3 Å². The fourth-order valence-electron chi connectivity index (χ4n) is 3.04. The Morgan fingerprint density at radius 2 is 1.47 bits per heavy atom. The summed E-state index contributed by atoms with van der Waals surface area (Å²) in [6.07, 6.45) is -12.0. The highest BCUT2D eigenvalue weighted by Gasteiger charge is 2.63. The van der Waals surface area contributed by atoms with Crippen LogP contribution in [0.2, 0.25) is 0 Å². The molecule has 0 aliphatic rings. The Morgan fingerprint density at radius 1 is 0.972 bits per heavy atom. The highest BCUT2D eigenvalue weighted by Crippen LogP contribution is 2.42. The summed E-state index contributed by atoms with van der Waals surface area (Å²) in [7, 11) is 0.873. The van der Waals surface area contributed by atoms with Gasteiger partial charge in [-0.3, -0.25) is 14.4 Å². The van der Waals surface area contributed by atoms with Crippen LogP contribution in [0.3, 0.4) is 0 Å². The molecule has 0 aliphatic carbocycles. The molecule has 0 heterocycles. The fourth-order valence-corrected chi connectivity index (χ4v) is 3.04. The standard InChI is InChI=1S/C21H35F6N3O6/c1-11(2)10-13(16(32)28-12(3)18(34)36-19(4,5)6)30(7)17(33)14(29-35-9-8-31)15(20(22,23)24)21(25,26)27/h11-15,29,31H,8-10H2,1-7H3,(H,28,32)/t12-,13-,14-/m0/s1. The van der Waals surface area contributed by atoms with Gasteiger partial charge in [0.1, 0.15) is 23.7 Å². The summed E-state index contributed by atoms with van der Waals surface area (Å²) in [6.45, 7) is 7.78. The molecule has 3 atom stereocenters. The van der Waals surface area contributed by atoms with E-state index in [0.717, 1.165) is 7.05 Å². The van der Waals surface area contributed by atoms with Crippen molar-refractivity contribution in [1.29, 1.82) is 0 Å². The van der Waals surface area contributed by atoms with E-state index in [1.54, 1.807) is 34.6 Å². The number of rotatable bonds is 12. The van der Waals surface area contributed by atoms with Crippen molar-refractivity contribution in [1.82, 2.24) is 15.7 Å². The summed E-state index contributed by atoms with van der Waals surface area (Å²) in [5.41, 5.74) is 0.558. The molecule has 0 saturated carbocycles. The van der Waals surface area contributed by atoms with Crippen molar-refractivity contribution in [3.8, 4) is 0 Å². The lowest BCUT2D eigenvalue weighted by Crippen LogP contribution is -2.61. The Kier molecular flexibility index (Phi) is 12.6. The van der Waals surface area contributed by atoms with Crippen molar-refractivity contribution in [2.75, 3.05) is 20.3 Å². The van der Waals surface area contributed by atoms with Crippen LogP contribution < -0.4 is 10.8 Å². The van der Waals surface area contributed by atoms with Gasteiger partial charge in [0, 0.05) is 7.05 Å². The first kappa shape index (κ1) is 33.9. The van der Waals surface area contributed by atoms with E-state index in [2.05, 4.69) is 10.2 Å². The van der Waals surface area contributed by atoms with Gasteiger partial charge in [-0.05, 0) is 40.0 Å². The quantitative estimate of drug-likeness (QED) is 0.151. The van der Waals surface area contributed by atoms with E-state index in [9.17, 15) is 40.7 Å². The van der Waals surface area contributed by atoms with E-state index in [1.807, 2.05) is 0 Å². The van der Waals surface area contributed by atoms with Crippen LogP contribution >= 0.6 is 0 Å². The van der Waals surface area contributed by atoms with Gasteiger partial charge in [-0.1, -0.05) is 13.8 Å². The van der Waals surface area contributed by atoms with E-state index >= 15 is 0 Å². The number of hydroxylamine groups is 1. The van der Waals surface area contributed by atoms with Crippen LogP contribution in [0.1, 0.15) is 48.0 Å². The summed E-state index contributed by atoms with van der Waals surface area (Å²) >= 11 is 0. The van der Waals surface area contributed by atoms with Gasteiger partial charge in [0.15, 0.2) is 5.92 Å². The second-order valence-corrected chi connectivity index (χ2v) is 9.59. The minimum absolute atomic E-state index is 0.151. The van der Waals surface area contributed by atoms with Crippen molar-refractivity contribution in [3.63, 3.8) is 0 Å². The number of carbonyl (C=O) groups is 3. The topological polar surface area (TPSA) is 117 Å². The van der Waals surface area contributed by atoms with Gasteiger partial charge in [0.25, 0.3) is 0 Å². The normalized spacial score (nSPS) is 15.4. The first-order chi connectivity index (χ1) is 16.1. The molecule has 0 saturated heterocycles. The van der Waals surface area contributed by atoms with Crippen LogP contribution in [0.4, 0.5) is 26.3 Å². The molecule has 0 aromatic heterocycles. The van der Waals surface area contributed by atoms with Crippen LogP contribution in [-0.4, -0.2) is 84.1 Å². The Bertz CT molecular complexity index is 725. The Morgan fingerprint density at radius 3 is 1.86 bits per heavy atom. The van der Waals surface area contributed by atoms with Gasteiger partial charge >= 0.3 is 18.3 Å². The van der Waals surface area contributed by atoms with Crippen molar-refractivity contribution in [2.24, 2.45) is 11.8 Å². The zero-order valence-corrected chi connectivity index (χ0v) is 21.2. The molecule has 0 bridgehead atoms. The second-order valence-electron chi connectivity index (χ2n) is 9.59. The number of aliphatic hydroxyl groups excluding tert-OH is 1.